The first-order valence-corrected chi connectivity index (χ1v) is 13.1. The van der Waals surface area contributed by atoms with Gasteiger partial charge < -0.3 is 14.7 Å². The number of amides is 1. The van der Waals surface area contributed by atoms with Crippen LogP contribution in [0, 0.1) is 11.3 Å². The van der Waals surface area contributed by atoms with Crippen LogP contribution in [0.3, 0.4) is 0 Å². The largest absolute Gasteiger partial charge is 0.465 e. The van der Waals surface area contributed by atoms with Crippen molar-refractivity contribution in [2.24, 2.45) is 11.3 Å². The summed E-state index contributed by atoms with van der Waals surface area (Å²) >= 11 is 0. The summed E-state index contributed by atoms with van der Waals surface area (Å²) in [7, 11) is 0. The number of benzene rings is 2. The summed E-state index contributed by atoms with van der Waals surface area (Å²) in [6.07, 6.45) is 2.35. The Balaban J connectivity index is 1.41. The molecule has 2 atom stereocenters. The molecule has 5 heteroatoms. The number of rotatable bonds is 5. The molecular weight excluding hydrogens is 436 g/mol. The molecule has 5 nitrogen and oxygen atoms in total. The zero-order chi connectivity index (χ0) is 25.0. The van der Waals surface area contributed by atoms with Crippen LogP contribution in [0.2, 0.25) is 0 Å². The molecule has 3 saturated heterocycles. The summed E-state index contributed by atoms with van der Waals surface area (Å²) in [4.78, 5) is 17.0. The highest BCUT2D eigenvalue weighted by atomic mass is 16.5. The van der Waals surface area contributed by atoms with Gasteiger partial charge in [-0.2, -0.15) is 0 Å². The van der Waals surface area contributed by atoms with Gasteiger partial charge in [-0.25, -0.2) is 4.79 Å². The van der Waals surface area contributed by atoms with Gasteiger partial charge in [0, 0.05) is 6.54 Å². The molecule has 4 aliphatic rings. The van der Waals surface area contributed by atoms with Crippen molar-refractivity contribution in [2.45, 2.75) is 78.2 Å². The third-order valence-corrected chi connectivity index (χ3v) is 8.26. The Morgan fingerprint density at radius 1 is 1.09 bits per heavy atom. The molecule has 0 spiro atoms. The van der Waals surface area contributed by atoms with Crippen molar-refractivity contribution in [1.29, 1.82) is 0 Å². The zero-order valence-corrected chi connectivity index (χ0v) is 21.9. The summed E-state index contributed by atoms with van der Waals surface area (Å²) in [6, 6.07) is 15.2. The van der Waals surface area contributed by atoms with Crippen LogP contribution in [-0.2, 0) is 17.8 Å². The van der Waals surface area contributed by atoms with E-state index in [-0.39, 0.29) is 23.1 Å². The Kier molecular flexibility index (Phi) is 6.21. The first-order chi connectivity index (χ1) is 16.5. The molecule has 1 amide bonds. The monoisotopic (exact) mass is 476 g/mol. The lowest BCUT2D eigenvalue weighted by atomic mass is 9.79. The second-order valence-corrected chi connectivity index (χ2v) is 12.5. The van der Waals surface area contributed by atoms with Crippen LogP contribution in [0.5, 0.6) is 0 Å². The molecule has 3 aliphatic heterocycles. The van der Waals surface area contributed by atoms with Gasteiger partial charge in [-0.3, -0.25) is 4.90 Å². The minimum Gasteiger partial charge on any atom is -0.465 e. The lowest BCUT2D eigenvalue weighted by Gasteiger charge is -2.51. The van der Waals surface area contributed by atoms with Gasteiger partial charge in [-0.05, 0) is 92.3 Å². The van der Waals surface area contributed by atoms with Crippen molar-refractivity contribution >= 4 is 6.09 Å². The Morgan fingerprint density at radius 2 is 1.74 bits per heavy atom. The highest BCUT2D eigenvalue weighted by Gasteiger charge is 2.50. The Hall–Kier alpha value is -2.37. The maximum Gasteiger partial charge on any atom is 0.408 e. The molecule has 35 heavy (non-hydrogen) atoms. The standard InChI is InChI=1S/C30H40N2O3/c1-29(2,3)35-19-20-6-8-21(9-7-20)23-10-11-25-24(16-23)17-30(4,5)27(25)32(28(33)34)26-18-31-14-12-22(26)13-15-31/h6-11,16,22,26-27H,12-15,17-19H2,1-5H3,(H,33,34)/t26-,27?/m1/s1. The second-order valence-electron chi connectivity index (χ2n) is 12.5. The van der Waals surface area contributed by atoms with Gasteiger partial charge in [0.25, 0.3) is 0 Å². The summed E-state index contributed by atoms with van der Waals surface area (Å²) < 4.78 is 5.91. The third kappa shape index (κ3) is 4.85. The molecule has 0 radical (unpaired) electrons. The Morgan fingerprint density at radius 3 is 2.31 bits per heavy atom. The van der Waals surface area contributed by atoms with E-state index in [0.29, 0.717) is 12.5 Å². The molecule has 0 aromatic heterocycles. The molecule has 188 valence electrons. The van der Waals surface area contributed by atoms with E-state index in [4.69, 9.17) is 4.74 Å². The Labute approximate surface area is 210 Å². The number of fused-ring (bicyclic) bond motifs is 4. The quantitative estimate of drug-likeness (QED) is 0.545. The van der Waals surface area contributed by atoms with Crippen molar-refractivity contribution in [2.75, 3.05) is 19.6 Å². The van der Waals surface area contributed by atoms with Crippen LogP contribution >= 0.6 is 0 Å². The molecule has 1 N–H and O–H groups in total. The van der Waals surface area contributed by atoms with Gasteiger partial charge in [0.1, 0.15) is 0 Å². The maximum absolute atomic E-state index is 12.7. The molecular formula is C30H40N2O3. The fraction of sp³-hybridized carbons (Fsp3) is 0.567. The maximum atomic E-state index is 12.7. The molecule has 2 bridgehead atoms. The topological polar surface area (TPSA) is 53.0 Å². The minimum absolute atomic E-state index is 0.0905. The van der Waals surface area contributed by atoms with E-state index in [1.165, 1.54) is 27.8 Å². The van der Waals surface area contributed by atoms with Gasteiger partial charge in [-0.15, -0.1) is 0 Å². The Bertz CT molecular complexity index is 1080. The number of hydrogen-bond donors (Lipinski definition) is 1. The summed E-state index contributed by atoms with van der Waals surface area (Å²) in [5.41, 5.74) is 5.72. The van der Waals surface area contributed by atoms with Crippen molar-refractivity contribution < 1.29 is 14.6 Å². The van der Waals surface area contributed by atoms with E-state index in [1.54, 1.807) is 0 Å². The average molecular weight is 477 g/mol. The van der Waals surface area contributed by atoms with Crippen molar-refractivity contribution in [1.82, 2.24) is 9.80 Å². The fourth-order valence-corrected chi connectivity index (χ4v) is 6.53. The summed E-state index contributed by atoms with van der Waals surface area (Å²) in [5, 5.41) is 10.4. The van der Waals surface area contributed by atoms with Crippen LogP contribution < -0.4 is 0 Å². The second kappa shape index (κ2) is 8.94. The van der Waals surface area contributed by atoms with E-state index in [9.17, 15) is 9.90 Å². The summed E-state index contributed by atoms with van der Waals surface area (Å²) in [6.45, 7) is 14.4. The molecule has 2 aromatic rings. The SMILES string of the molecule is CC(C)(C)OCc1ccc(-c2ccc3c(c2)CC(C)(C)C3N(C(=O)O)[C@@H]2CN3CCC2CC3)cc1. The molecule has 6 rings (SSSR count). The number of carboxylic acid groups (broad SMARTS) is 1. The average Bonchev–Trinajstić information content (AvgIpc) is 3.07. The lowest BCUT2D eigenvalue weighted by Crippen LogP contribution is -2.60. The molecule has 2 aromatic carbocycles. The number of ether oxygens (including phenoxy) is 1. The van der Waals surface area contributed by atoms with E-state index in [0.717, 1.165) is 38.9 Å². The first-order valence-electron chi connectivity index (χ1n) is 13.1. The number of carbonyl (C=O) groups is 1. The van der Waals surface area contributed by atoms with E-state index in [2.05, 4.69) is 82.0 Å². The van der Waals surface area contributed by atoms with E-state index >= 15 is 0 Å². The number of nitrogens with zero attached hydrogens (tertiary/aromatic N) is 2. The van der Waals surface area contributed by atoms with E-state index < -0.39 is 6.09 Å². The van der Waals surface area contributed by atoms with Crippen LogP contribution in [0.25, 0.3) is 11.1 Å². The predicted molar refractivity (Wildman–Crippen MR) is 139 cm³/mol. The number of piperidine rings is 3. The molecule has 0 saturated carbocycles. The minimum atomic E-state index is -0.771. The molecule has 3 fully saturated rings. The van der Waals surface area contributed by atoms with Crippen LogP contribution in [0.4, 0.5) is 4.79 Å². The zero-order valence-electron chi connectivity index (χ0n) is 21.9. The highest BCUT2D eigenvalue weighted by Crippen LogP contribution is 2.51. The normalized spacial score (nSPS) is 27.0. The molecule has 3 heterocycles. The smallest absolute Gasteiger partial charge is 0.408 e. The van der Waals surface area contributed by atoms with Crippen LogP contribution in [0.15, 0.2) is 42.5 Å². The lowest BCUT2D eigenvalue weighted by molar-refractivity contribution is -0.0267. The summed E-state index contributed by atoms with van der Waals surface area (Å²) in [5.74, 6) is 0.482. The molecule has 1 aliphatic carbocycles. The van der Waals surface area contributed by atoms with Crippen molar-refractivity contribution in [3.8, 4) is 11.1 Å². The van der Waals surface area contributed by atoms with Crippen LogP contribution in [-0.4, -0.2) is 52.3 Å². The molecule has 1 unspecified atom stereocenters. The highest BCUT2D eigenvalue weighted by molar-refractivity contribution is 5.69. The van der Waals surface area contributed by atoms with Gasteiger partial charge in [0.05, 0.1) is 24.3 Å². The van der Waals surface area contributed by atoms with Crippen LogP contribution in [0.1, 0.15) is 70.2 Å². The van der Waals surface area contributed by atoms with Gasteiger partial charge in [0.15, 0.2) is 0 Å². The van der Waals surface area contributed by atoms with Gasteiger partial charge in [0.2, 0.25) is 0 Å². The van der Waals surface area contributed by atoms with E-state index in [1.807, 2.05) is 4.90 Å². The van der Waals surface area contributed by atoms with Crippen molar-refractivity contribution in [3.05, 3.63) is 59.2 Å². The fourth-order valence-electron chi connectivity index (χ4n) is 6.53. The van der Waals surface area contributed by atoms with Gasteiger partial charge in [-0.1, -0.05) is 56.3 Å². The third-order valence-electron chi connectivity index (χ3n) is 8.26. The predicted octanol–water partition coefficient (Wildman–Crippen LogP) is 6.37. The first kappa shape index (κ1) is 24.3. The van der Waals surface area contributed by atoms with Crippen molar-refractivity contribution in [3.63, 3.8) is 0 Å². The van der Waals surface area contributed by atoms with Gasteiger partial charge >= 0.3 is 6.09 Å². The number of hydrogen-bond acceptors (Lipinski definition) is 3.